The first-order valence-electron chi connectivity index (χ1n) is 7.88. The number of hydrogen-bond acceptors (Lipinski definition) is 4. The molecule has 0 aliphatic heterocycles. The summed E-state index contributed by atoms with van der Waals surface area (Å²) >= 11 is 0. The van der Waals surface area contributed by atoms with Crippen LogP contribution < -0.4 is 4.74 Å². The fourth-order valence-corrected chi connectivity index (χ4v) is 2.25. The lowest BCUT2D eigenvalue weighted by molar-refractivity contribution is -0.140. The third-order valence-corrected chi connectivity index (χ3v) is 3.53. The van der Waals surface area contributed by atoms with Gasteiger partial charge in [0.05, 0.1) is 18.1 Å². The van der Waals surface area contributed by atoms with Gasteiger partial charge in [0.25, 0.3) is 0 Å². The largest absolute Gasteiger partial charge is 0.481 e. The molecule has 1 unspecified atom stereocenters. The highest BCUT2D eigenvalue weighted by atomic mass is 19.4. The van der Waals surface area contributed by atoms with Gasteiger partial charge in [0.1, 0.15) is 6.61 Å². The third kappa shape index (κ3) is 5.73. The van der Waals surface area contributed by atoms with Gasteiger partial charge in [0.15, 0.2) is 0 Å². The van der Waals surface area contributed by atoms with Crippen molar-refractivity contribution in [3.8, 4) is 5.88 Å². The van der Waals surface area contributed by atoms with Gasteiger partial charge in [-0.2, -0.15) is 13.2 Å². The summed E-state index contributed by atoms with van der Waals surface area (Å²) in [7, 11) is 0. The lowest BCUT2D eigenvalue weighted by Crippen LogP contribution is -2.10. The summed E-state index contributed by atoms with van der Waals surface area (Å²) in [5, 5.41) is 8.91. The van der Waals surface area contributed by atoms with Crippen LogP contribution in [0.25, 0.3) is 0 Å². The van der Waals surface area contributed by atoms with Gasteiger partial charge in [-0.3, -0.25) is 4.79 Å². The van der Waals surface area contributed by atoms with Crippen molar-refractivity contribution in [2.45, 2.75) is 32.2 Å². The van der Waals surface area contributed by atoms with E-state index in [4.69, 9.17) is 14.6 Å². The van der Waals surface area contributed by atoms with Crippen LogP contribution in [0.5, 0.6) is 5.88 Å². The molecule has 0 aliphatic carbocycles. The van der Waals surface area contributed by atoms with Crippen molar-refractivity contribution in [1.29, 1.82) is 0 Å². The zero-order valence-electron chi connectivity index (χ0n) is 14.0. The Morgan fingerprint density at radius 3 is 2.38 bits per heavy atom. The van der Waals surface area contributed by atoms with Gasteiger partial charge >= 0.3 is 12.1 Å². The number of rotatable bonds is 8. The number of carboxylic acids is 1. The molecule has 8 heteroatoms. The highest BCUT2D eigenvalue weighted by molar-refractivity contribution is 5.67. The van der Waals surface area contributed by atoms with E-state index in [1.165, 1.54) is 18.3 Å². The topological polar surface area (TPSA) is 68.7 Å². The first-order chi connectivity index (χ1) is 12.3. The zero-order chi connectivity index (χ0) is 19.2. The van der Waals surface area contributed by atoms with E-state index < -0.39 is 23.8 Å². The Balaban J connectivity index is 1.97. The molecule has 0 fully saturated rings. The third-order valence-electron chi connectivity index (χ3n) is 3.53. The van der Waals surface area contributed by atoms with Crippen molar-refractivity contribution in [1.82, 2.24) is 4.98 Å². The number of ether oxygens (including phenoxy) is 2. The van der Waals surface area contributed by atoms with Crippen molar-refractivity contribution in [3.05, 3.63) is 59.3 Å². The molecule has 0 radical (unpaired) electrons. The summed E-state index contributed by atoms with van der Waals surface area (Å²) < 4.78 is 48.4. The van der Waals surface area contributed by atoms with Crippen LogP contribution in [0.3, 0.4) is 0 Å². The van der Waals surface area contributed by atoms with Crippen LogP contribution in [0.15, 0.2) is 42.6 Å². The number of carbonyl (C=O) groups is 1. The number of aliphatic carboxylic acids is 1. The molecule has 26 heavy (non-hydrogen) atoms. The number of nitrogens with zero attached hydrogens (tertiary/aromatic N) is 1. The molecule has 1 aromatic carbocycles. The second kappa shape index (κ2) is 8.66. The number of carboxylic acid groups (broad SMARTS) is 1. The lowest BCUT2D eigenvalue weighted by Gasteiger charge is -2.15. The molecule has 0 saturated heterocycles. The van der Waals surface area contributed by atoms with Crippen LogP contribution in [0.4, 0.5) is 13.2 Å². The Hall–Kier alpha value is -2.61. The zero-order valence-corrected chi connectivity index (χ0v) is 14.0. The Kier molecular flexibility index (Phi) is 6.57. The summed E-state index contributed by atoms with van der Waals surface area (Å²) in [6.07, 6.45) is -3.69. The average Bonchev–Trinajstić information content (AvgIpc) is 2.59. The molecular weight excluding hydrogens is 351 g/mol. The van der Waals surface area contributed by atoms with E-state index in [1.807, 2.05) is 0 Å². The van der Waals surface area contributed by atoms with Crippen LogP contribution in [-0.2, 0) is 22.3 Å². The summed E-state index contributed by atoms with van der Waals surface area (Å²) in [5.41, 5.74) is 0.460. The smallest absolute Gasteiger partial charge is 0.416 e. The van der Waals surface area contributed by atoms with Gasteiger partial charge in [-0.05, 0) is 36.2 Å². The summed E-state index contributed by atoms with van der Waals surface area (Å²) in [5.74, 6) is -0.703. The first-order valence-corrected chi connectivity index (χ1v) is 7.88. The fraction of sp³-hybridized carbons (Fsp3) is 0.333. The van der Waals surface area contributed by atoms with E-state index in [9.17, 15) is 18.0 Å². The Morgan fingerprint density at radius 2 is 1.88 bits per heavy atom. The Labute approximate surface area is 148 Å². The molecule has 0 saturated carbocycles. The van der Waals surface area contributed by atoms with E-state index in [-0.39, 0.29) is 18.9 Å². The number of hydrogen-bond donors (Lipinski definition) is 1. The SMILES string of the molecule is CCOC(CC(=O)O)c1ccc(OCc2ccc(C(F)(F)F)cc2)nc1. The van der Waals surface area contributed by atoms with E-state index >= 15 is 0 Å². The van der Waals surface area contributed by atoms with Gasteiger partial charge in [0.2, 0.25) is 5.88 Å². The van der Waals surface area contributed by atoms with Gasteiger partial charge in [-0.25, -0.2) is 4.98 Å². The van der Waals surface area contributed by atoms with Gasteiger partial charge < -0.3 is 14.6 Å². The van der Waals surface area contributed by atoms with Gasteiger partial charge in [-0.15, -0.1) is 0 Å². The van der Waals surface area contributed by atoms with Crippen molar-refractivity contribution in [2.75, 3.05) is 6.61 Å². The minimum atomic E-state index is -4.37. The lowest BCUT2D eigenvalue weighted by atomic mass is 10.1. The summed E-state index contributed by atoms with van der Waals surface area (Å²) in [4.78, 5) is 15.0. The van der Waals surface area contributed by atoms with Crippen LogP contribution in [-0.4, -0.2) is 22.7 Å². The molecule has 0 aliphatic rings. The van der Waals surface area contributed by atoms with Crippen molar-refractivity contribution in [3.63, 3.8) is 0 Å². The van der Waals surface area contributed by atoms with E-state index in [0.717, 1.165) is 12.1 Å². The van der Waals surface area contributed by atoms with Crippen LogP contribution >= 0.6 is 0 Å². The average molecular weight is 369 g/mol. The van der Waals surface area contributed by atoms with E-state index in [0.29, 0.717) is 17.7 Å². The number of pyridine rings is 1. The number of benzene rings is 1. The number of aromatic nitrogens is 1. The normalized spacial score (nSPS) is 12.6. The molecule has 0 bridgehead atoms. The predicted octanol–water partition coefficient (Wildman–Crippen LogP) is 4.23. The van der Waals surface area contributed by atoms with Gasteiger partial charge in [-0.1, -0.05) is 12.1 Å². The fourth-order valence-electron chi connectivity index (χ4n) is 2.25. The molecule has 140 valence electrons. The van der Waals surface area contributed by atoms with Crippen molar-refractivity contribution in [2.24, 2.45) is 0 Å². The highest BCUT2D eigenvalue weighted by Gasteiger charge is 2.29. The summed E-state index contributed by atoms with van der Waals surface area (Å²) in [6.45, 7) is 2.20. The maximum Gasteiger partial charge on any atom is 0.416 e. The minimum Gasteiger partial charge on any atom is -0.481 e. The van der Waals surface area contributed by atoms with E-state index in [1.54, 1.807) is 19.1 Å². The molecule has 5 nitrogen and oxygen atoms in total. The van der Waals surface area contributed by atoms with Crippen LogP contribution in [0.1, 0.15) is 36.1 Å². The summed E-state index contributed by atoms with van der Waals surface area (Å²) in [6, 6.07) is 7.89. The molecule has 1 N–H and O–H groups in total. The maximum atomic E-state index is 12.5. The molecule has 1 atom stereocenters. The molecule has 2 rings (SSSR count). The van der Waals surface area contributed by atoms with Gasteiger partial charge in [0, 0.05) is 18.9 Å². The van der Waals surface area contributed by atoms with Crippen molar-refractivity contribution >= 4 is 5.97 Å². The first kappa shape index (κ1) is 19.7. The van der Waals surface area contributed by atoms with Crippen molar-refractivity contribution < 1.29 is 32.5 Å². The van der Waals surface area contributed by atoms with E-state index in [2.05, 4.69) is 4.98 Å². The second-order valence-corrected chi connectivity index (χ2v) is 5.45. The van der Waals surface area contributed by atoms with Crippen LogP contribution in [0, 0.1) is 0 Å². The number of alkyl halides is 3. The standard InChI is InChI=1S/C18H18F3NO4/c1-2-25-15(9-17(23)24)13-5-8-16(22-10-13)26-11-12-3-6-14(7-4-12)18(19,20)21/h3-8,10,15H,2,9,11H2,1H3,(H,23,24). The minimum absolute atomic E-state index is 0.0640. The maximum absolute atomic E-state index is 12.5. The Morgan fingerprint density at radius 1 is 1.19 bits per heavy atom. The van der Waals surface area contributed by atoms with Crippen LogP contribution in [0.2, 0.25) is 0 Å². The molecule has 1 aromatic heterocycles. The molecule has 1 heterocycles. The molecule has 0 amide bonds. The highest BCUT2D eigenvalue weighted by Crippen LogP contribution is 2.29. The predicted molar refractivity (Wildman–Crippen MR) is 86.6 cm³/mol. The molecule has 2 aromatic rings. The second-order valence-electron chi connectivity index (χ2n) is 5.45. The number of halogens is 3. The quantitative estimate of drug-likeness (QED) is 0.754. The monoisotopic (exact) mass is 369 g/mol. The Bertz CT molecular complexity index is 715. The molecule has 0 spiro atoms. The molecular formula is C18H18F3NO4.